The molecule has 1 N–H and O–H groups in total. The molecule has 0 radical (unpaired) electrons. The molecule has 0 bridgehead atoms. The number of fused-ring (bicyclic) bond motifs is 1. The van der Waals surface area contributed by atoms with Crippen LogP contribution >= 0.6 is 0 Å². The Balaban J connectivity index is 2.56. The van der Waals surface area contributed by atoms with E-state index in [0.29, 0.717) is 25.1 Å². The largest absolute Gasteiger partial charge is 0.478 e. The Kier molecular flexibility index (Phi) is 3.54. The first-order chi connectivity index (χ1) is 8.82. The van der Waals surface area contributed by atoms with Crippen LogP contribution in [0, 0.1) is 0 Å². The summed E-state index contributed by atoms with van der Waals surface area (Å²) in [6, 6.07) is 2.10. The van der Waals surface area contributed by atoms with Crippen molar-refractivity contribution in [2.75, 3.05) is 13.1 Å². The van der Waals surface area contributed by atoms with Crippen molar-refractivity contribution in [3.63, 3.8) is 0 Å². The van der Waals surface area contributed by atoms with E-state index in [1.54, 1.807) is 0 Å². The predicted molar refractivity (Wildman–Crippen MR) is 63.1 cm³/mol. The number of carbonyl (C=O) groups is 1. The lowest BCUT2D eigenvalue weighted by molar-refractivity contribution is -0.138. The van der Waals surface area contributed by atoms with Crippen LogP contribution in [-0.2, 0) is 19.1 Å². The molecule has 6 heteroatoms. The van der Waals surface area contributed by atoms with Gasteiger partial charge in [0.25, 0.3) is 0 Å². The van der Waals surface area contributed by atoms with Crippen molar-refractivity contribution >= 4 is 5.97 Å². The summed E-state index contributed by atoms with van der Waals surface area (Å²) in [6.07, 6.45) is -4.07. The molecule has 0 unspecified atom stereocenters. The first-order valence-electron chi connectivity index (χ1n) is 6.01. The molecule has 0 aliphatic carbocycles. The van der Waals surface area contributed by atoms with E-state index in [-0.39, 0.29) is 17.7 Å². The van der Waals surface area contributed by atoms with Crippen LogP contribution in [-0.4, -0.2) is 29.1 Å². The van der Waals surface area contributed by atoms with Gasteiger partial charge in [0.2, 0.25) is 0 Å². The number of alkyl halides is 3. The van der Waals surface area contributed by atoms with Crippen molar-refractivity contribution in [3.05, 3.63) is 34.4 Å². The van der Waals surface area contributed by atoms with E-state index in [2.05, 4.69) is 0 Å². The third-order valence-electron chi connectivity index (χ3n) is 3.42. The first-order valence-corrected chi connectivity index (χ1v) is 6.01. The van der Waals surface area contributed by atoms with Crippen molar-refractivity contribution in [3.8, 4) is 0 Å². The van der Waals surface area contributed by atoms with Crippen LogP contribution in [0.5, 0.6) is 0 Å². The van der Waals surface area contributed by atoms with Crippen LogP contribution in [0.4, 0.5) is 13.2 Å². The first kappa shape index (κ1) is 13.9. The van der Waals surface area contributed by atoms with E-state index in [9.17, 15) is 18.0 Å². The molecule has 0 amide bonds. The van der Waals surface area contributed by atoms with Crippen molar-refractivity contribution < 1.29 is 23.1 Å². The zero-order valence-electron chi connectivity index (χ0n) is 10.4. The second kappa shape index (κ2) is 4.85. The standard InChI is InChI=1S/C13H14F3NO2/c1-2-17-4-3-8-5-9(12(18)19)6-11(10(8)7-17)13(14,15)16/h5-6H,2-4,7H2,1H3,(H,18,19). The predicted octanol–water partition coefficient (Wildman–Crippen LogP) is 2.78. The van der Waals surface area contributed by atoms with Gasteiger partial charge in [0.05, 0.1) is 11.1 Å². The van der Waals surface area contributed by atoms with E-state index in [0.717, 1.165) is 6.07 Å². The summed E-state index contributed by atoms with van der Waals surface area (Å²) in [6.45, 7) is 3.45. The van der Waals surface area contributed by atoms with E-state index in [4.69, 9.17) is 5.11 Å². The van der Waals surface area contributed by atoms with E-state index in [1.807, 2.05) is 11.8 Å². The van der Waals surface area contributed by atoms with Gasteiger partial charge in [-0.3, -0.25) is 4.90 Å². The van der Waals surface area contributed by atoms with Crippen LogP contribution in [0.3, 0.4) is 0 Å². The van der Waals surface area contributed by atoms with Crippen LogP contribution < -0.4 is 0 Å². The fourth-order valence-electron chi connectivity index (χ4n) is 2.37. The number of benzene rings is 1. The van der Waals surface area contributed by atoms with Crippen LogP contribution in [0.15, 0.2) is 12.1 Å². The lowest BCUT2D eigenvalue weighted by Gasteiger charge is -2.30. The van der Waals surface area contributed by atoms with Crippen molar-refractivity contribution in [2.24, 2.45) is 0 Å². The van der Waals surface area contributed by atoms with Crippen molar-refractivity contribution in [2.45, 2.75) is 26.1 Å². The Labute approximate surface area is 108 Å². The highest BCUT2D eigenvalue weighted by molar-refractivity contribution is 5.88. The third-order valence-corrected chi connectivity index (χ3v) is 3.42. The number of hydrogen-bond acceptors (Lipinski definition) is 2. The summed E-state index contributed by atoms with van der Waals surface area (Å²) in [5.41, 5.74) is -0.404. The van der Waals surface area contributed by atoms with Gasteiger partial charge >= 0.3 is 12.1 Å². The lowest BCUT2D eigenvalue weighted by atomic mass is 9.92. The SMILES string of the molecule is CCN1CCc2cc(C(=O)O)cc(C(F)(F)F)c2C1. The number of halogens is 3. The number of nitrogens with zero attached hydrogens (tertiary/aromatic N) is 1. The van der Waals surface area contributed by atoms with Crippen LogP contribution in [0.1, 0.15) is 34.0 Å². The van der Waals surface area contributed by atoms with E-state index in [1.165, 1.54) is 6.07 Å². The highest BCUT2D eigenvalue weighted by Gasteiger charge is 2.36. The number of likely N-dealkylation sites (N-methyl/N-ethyl adjacent to an activating group) is 1. The molecule has 1 aliphatic rings. The minimum absolute atomic E-state index is 0.214. The Hall–Kier alpha value is -1.56. The van der Waals surface area contributed by atoms with Gasteiger partial charge in [-0.1, -0.05) is 6.92 Å². The molecule has 3 nitrogen and oxygen atoms in total. The zero-order valence-corrected chi connectivity index (χ0v) is 10.4. The molecular formula is C13H14F3NO2. The van der Waals surface area contributed by atoms with Crippen LogP contribution in [0.2, 0.25) is 0 Å². The molecule has 1 aromatic carbocycles. The number of carboxylic acids is 1. The fourth-order valence-corrected chi connectivity index (χ4v) is 2.37. The smallest absolute Gasteiger partial charge is 0.416 e. The number of aromatic carboxylic acids is 1. The molecule has 0 aromatic heterocycles. The normalized spacial score (nSPS) is 16.2. The van der Waals surface area contributed by atoms with Crippen molar-refractivity contribution in [1.29, 1.82) is 0 Å². The Bertz CT molecular complexity index is 511. The Morgan fingerprint density at radius 3 is 2.63 bits per heavy atom. The van der Waals surface area contributed by atoms with Gasteiger partial charge in [0.15, 0.2) is 0 Å². The second-order valence-corrected chi connectivity index (χ2v) is 4.58. The van der Waals surface area contributed by atoms with Gasteiger partial charge in [0.1, 0.15) is 0 Å². The van der Waals surface area contributed by atoms with Gasteiger partial charge < -0.3 is 5.11 Å². The minimum atomic E-state index is -4.52. The maximum atomic E-state index is 13.0. The van der Waals surface area contributed by atoms with Crippen LogP contribution in [0.25, 0.3) is 0 Å². The lowest BCUT2D eigenvalue weighted by Crippen LogP contribution is -2.32. The highest BCUT2D eigenvalue weighted by Crippen LogP contribution is 2.36. The maximum absolute atomic E-state index is 13.0. The molecule has 1 aliphatic heterocycles. The van der Waals surface area contributed by atoms with Gasteiger partial charge in [0, 0.05) is 13.1 Å². The molecular weight excluding hydrogens is 259 g/mol. The molecule has 0 fully saturated rings. The molecule has 1 aromatic rings. The number of rotatable bonds is 2. The summed E-state index contributed by atoms with van der Waals surface area (Å²) >= 11 is 0. The van der Waals surface area contributed by atoms with Gasteiger partial charge in [-0.05, 0) is 36.2 Å². The summed E-state index contributed by atoms with van der Waals surface area (Å²) < 4.78 is 39.1. The topological polar surface area (TPSA) is 40.5 Å². The maximum Gasteiger partial charge on any atom is 0.416 e. The van der Waals surface area contributed by atoms with Crippen molar-refractivity contribution in [1.82, 2.24) is 4.90 Å². The molecule has 1 heterocycles. The average molecular weight is 273 g/mol. The number of carboxylic acid groups (broad SMARTS) is 1. The van der Waals surface area contributed by atoms with Gasteiger partial charge in [-0.15, -0.1) is 0 Å². The second-order valence-electron chi connectivity index (χ2n) is 4.58. The molecule has 19 heavy (non-hydrogen) atoms. The third kappa shape index (κ3) is 2.73. The molecule has 0 saturated heterocycles. The number of hydrogen-bond donors (Lipinski definition) is 1. The Morgan fingerprint density at radius 1 is 1.42 bits per heavy atom. The zero-order chi connectivity index (χ0) is 14.2. The summed E-state index contributed by atoms with van der Waals surface area (Å²) in [5.74, 6) is -1.33. The molecule has 0 atom stereocenters. The van der Waals surface area contributed by atoms with Gasteiger partial charge in [-0.2, -0.15) is 13.2 Å². The molecule has 2 rings (SSSR count). The van der Waals surface area contributed by atoms with E-state index < -0.39 is 17.7 Å². The highest BCUT2D eigenvalue weighted by atomic mass is 19.4. The monoisotopic (exact) mass is 273 g/mol. The minimum Gasteiger partial charge on any atom is -0.478 e. The summed E-state index contributed by atoms with van der Waals surface area (Å²) in [5, 5.41) is 8.90. The average Bonchev–Trinajstić information content (AvgIpc) is 2.35. The molecule has 0 spiro atoms. The van der Waals surface area contributed by atoms with Gasteiger partial charge in [-0.25, -0.2) is 4.79 Å². The quantitative estimate of drug-likeness (QED) is 0.900. The Morgan fingerprint density at radius 2 is 2.11 bits per heavy atom. The summed E-state index contributed by atoms with van der Waals surface area (Å²) in [7, 11) is 0. The molecule has 0 saturated carbocycles. The molecule has 104 valence electrons. The fraction of sp³-hybridized carbons (Fsp3) is 0.462. The van der Waals surface area contributed by atoms with E-state index >= 15 is 0 Å². The summed E-state index contributed by atoms with van der Waals surface area (Å²) in [4.78, 5) is 12.8.